The highest BCUT2D eigenvalue weighted by atomic mass is 31.1. The van der Waals surface area contributed by atoms with Gasteiger partial charge in [0.1, 0.15) is 0 Å². The smallest absolute Gasteiger partial charge is 0.335 e. The van der Waals surface area contributed by atoms with E-state index >= 15 is 0 Å². The van der Waals surface area contributed by atoms with Crippen molar-refractivity contribution in [1.29, 1.82) is 0 Å². The van der Waals surface area contributed by atoms with Crippen LogP contribution in [0.2, 0.25) is 0 Å². The van der Waals surface area contributed by atoms with Crippen molar-refractivity contribution in [2.75, 3.05) is 13.2 Å². The van der Waals surface area contributed by atoms with Gasteiger partial charge in [-0.15, -0.1) is 0 Å². The van der Waals surface area contributed by atoms with E-state index in [1.54, 1.807) is 0 Å². The van der Waals surface area contributed by atoms with E-state index in [0.29, 0.717) is 13.2 Å². The molecule has 0 bridgehead atoms. The topological polar surface area (TPSA) is 29.5 Å². The molecule has 3 aromatic carbocycles. The van der Waals surface area contributed by atoms with Crippen molar-refractivity contribution in [3.63, 3.8) is 0 Å². The summed E-state index contributed by atoms with van der Waals surface area (Å²) in [5, 5.41) is 2.54. The number of benzene rings is 3. The molecule has 0 fully saturated rings. The van der Waals surface area contributed by atoms with Gasteiger partial charge in [0.15, 0.2) is 0 Å². The van der Waals surface area contributed by atoms with Crippen molar-refractivity contribution >= 4 is 24.7 Å². The Balaban J connectivity index is 1.80. The molecular weight excluding hydrogens is 377 g/mol. The van der Waals surface area contributed by atoms with Crippen LogP contribution in [0.3, 0.4) is 0 Å². The summed E-state index contributed by atoms with van der Waals surface area (Å²) in [4.78, 5) is 12.8. The maximum absolute atomic E-state index is 12.8. The normalized spacial score (nSPS) is 16.6. The zero-order valence-electron chi connectivity index (χ0n) is 16.4. The van der Waals surface area contributed by atoms with Gasteiger partial charge in [0, 0.05) is 14.6 Å². The summed E-state index contributed by atoms with van der Waals surface area (Å²) >= 11 is 0. The lowest BCUT2D eigenvalue weighted by molar-refractivity contribution is -0.138. The Kier molecular flexibility index (Phi) is 6.19. The molecule has 1 heterocycles. The fourth-order valence-electron chi connectivity index (χ4n) is 3.75. The second-order valence-electron chi connectivity index (χ2n) is 6.80. The third-order valence-corrected chi connectivity index (χ3v) is 7.46. The highest BCUT2D eigenvalue weighted by Gasteiger charge is 2.38. The molecule has 0 N–H and O–H groups in total. The zero-order valence-corrected chi connectivity index (χ0v) is 17.3. The lowest BCUT2D eigenvalue weighted by atomic mass is 10.0. The molecule has 0 radical (unpaired) electrons. The predicted molar refractivity (Wildman–Crippen MR) is 120 cm³/mol. The highest BCUT2D eigenvalue weighted by Crippen LogP contribution is 2.49. The van der Waals surface area contributed by atoms with Crippen molar-refractivity contribution in [2.45, 2.75) is 13.0 Å². The quantitative estimate of drug-likeness (QED) is 0.447. The second kappa shape index (κ2) is 9.17. The first-order valence-corrected chi connectivity index (χ1v) is 11.2. The van der Waals surface area contributed by atoms with Crippen molar-refractivity contribution in [3.8, 4) is 0 Å². The Hall–Kier alpha value is -2.74. The van der Waals surface area contributed by atoms with Crippen molar-refractivity contribution in [2.24, 2.45) is 0 Å². The molecule has 0 saturated carbocycles. The summed E-state index contributed by atoms with van der Waals surface area (Å²) in [6.45, 7) is 2.94. The average molecular weight is 401 g/mol. The van der Waals surface area contributed by atoms with Gasteiger partial charge in [-0.3, -0.25) is 4.67 Å². The number of hydrogen-bond donors (Lipinski definition) is 0. The third kappa shape index (κ3) is 4.17. The molecule has 1 aliphatic rings. The van der Waals surface area contributed by atoms with Gasteiger partial charge in [0.25, 0.3) is 0 Å². The fraction of sp³-hybridized carbons (Fsp3) is 0.160. The predicted octanol–water partition coefficient (Wildman–Crippen LogP) is 4.58. The van der Waals surface area contributed by atoms with Crippen LogP contribution in [-0.2, 0) is 9.53 Å². The van der Waals surface area contributed by atoms with E-state index in [4.69, 9.17) is 4.74 Å². The van der Waals surface area contributed by atoms with Crippen LogP contribution in [0.4, 0.5) is 0 Å². The van der Waals surface area contributed by atoms with Crippen LogP contribution in [-0.4, -0.2) is 23.8 Å². The van der Waals surface area contributed by atoms with E-state index in [1.165, 1.54) is 10.6 Å². The van der Waals surface area contributed by atoms with Crippen LogP contribution in [0.15, 0.2) is 103 Å². The molecule has 0 aromatic heterocycles. The molecule has 29 heavy (non-hydrogen) atoms. The largest absolute Gasteiger partial charge is 0.463 e. The van der Waals surface area contributed by atoms with Crippen LogP contribution in [0.25, 0.3) is 0 Å². The first kappa shape index (κ1) is 19.6. The van der Waals surface area contributed by atoms with Gasteiger partial charge in [0.05, 0.1) is 18.2 Å². The van der Waals surface area contributed by atoms with Crippen molar-refractivity contribution in [1.82, 2.24) is 4.67 Å². The van der Waals surface area contributed by atoms with Crippen LogP contribution < -0.4 is 10.6 Å². The Morgan fingerprint density at radius 1 is 0.897 bits per heavy atom. The molecule has 3 nitrogen and oxygen atoms in total. The Bertz CT molecular complexity index is 934. The van der Waals surface area contributed by atoms with Crippen LogP contribution >= 0.6 is 8.07 Å². The fourth-order valence-corrected chi connectivity index (χ4v) is 6.28. The molecule has 4 heteroatoms. The van der Waals surface area contributed by atoms with E-state index in [1.807, 2.05) is 43.3 Å². The number of esters is 1. The van der Waals surface area contributed by atoms with Gasteiger partial charge < -0.3 is 4.74 Å². The molecular formula is C25H24NO2P. The lowest BCUT2D eigenvalue weighted by Gasteiger charge is -2.35. The minimum absolute atomic E-state index is 0.123. The molecule has 146 valence electrons. The maximum Gasteiger partial charge on any atom is 0.335 e. The van der Waals surface area contributed by atoms with Gasteiger partial charge in [0.2, 0.25) is 0 Å². The van der Waals surface area contributed by atoms with Crippen molar-refractivity contribution in [3.05, 3.63) is 108 Å². The van der Waals surface area contributed by atoms with Crippen LogP contribution in [0.1, 0.15) is 18.5 Å². The zero-order chi connectivity index (χ0) is 20.1. The first-order chi connectivity index (χ1) is 14.3. The molecule has 0 aliphatic carbocycles. The van der Waals surface area contributed by atoms with Crippen LogP contribution in [0.5, 0.6) is 0 Å². The summed E-state index contributed by atoms with van der Waals surface area (Å²) in [7, 11) is -0.802. The average Bonchev–Trinajstić information content (AvgIpc) is 3.21. The van der Waals surface area contributed by atoms with E-state index in [2.05, 4.69) is 65.3 Å². The van der Waals surface area contributed by atoms with E-state index in [0.717, 1.165) is 11.1 Å². The molecule has 1 atom stereocenters. The number of carbonyl (C=O) groups excluding carboxylic acids is 1. The number of hydrogen-bond acceptors (Lipinski definition) is 3. The molecule has 0 spiro atoms. The molecule has 1 aliphatic heterocycles. The maximum atomic E-state index is 12.8. The Morgan fingerprint density at radius 3 is 1.93 bits per heavy atom. The minimum atomic E-state index is -0.802. The summed E-state index contributed by atoms with van der Waals surface area (Å²) in [6.07, 6.45) is 2.04. The van der Waals surface area contributed by atoms with Gasteiger partial charge in [-0.05, 0) is 23.1 Å². The van der Waals surface area contributed by atoms with Gasteiger partial charge in [-0.1, -0.05) is 97.1 Å². The highest BCUT2D eigenvalue weighted by molar-refractivity contribution is 7.70. The minimum Gasteiger partial charge on any atom is -0.463 e. The Morgan fingerprint density at radius 2 is 1.41 bits per heavy atom. The van der Waals surface area contributed by atoms with E-state index in [-0.39, 0.29) is 12.0 Å². The molecule has 0 saturated heterocycles. The SMILES string of the molecule is CCOC(=O)C1=CCN(P(c2ccccc2)c2ccccc2)C1c1ccccc1. The first-order valence-electron chi connectivity index (χ1n) is 9.88. The molecule has 0 amide bonds. The summed E-state index contributed by atoms with van der Waals surface area (Å²) in [5.41, 5.74) is 1.85. The summed E-state index contributed by atoms with van der Waals surface area (Å²) in [6, 6.07) is 31.3. The Labute approximate surface area is 173 Å². The van der Waals surface area contributed by atoms with E-state index in [9.17, 15) is 4.79 Å². The van der Waals surface area contributed by atoms with Gasteiger partial charge in [-0.2, -0.15) is 0 Å². The molecule has 3 aromatic rings. The van der Waals surface area contributed by atoms with Gasteiger partial charge in [-0.25, -0.2) is 4.79 Å². The summed E-state index contributed by atoms with van der Waals surface area (Å²) < 4.78 is 7.84. The van der Waals surface area contributed by atoms with Gasteiger partial charge >= 0.3 is 5.97 Å². The number of ether oxygens (including phenoxy) is 1. The molecule has 1 unspecified atom stereocenters. The monoisotopic (exact) mass is 401 g/mol. The summed E-state index contributed by atoms with van der Waals surface area (Å²) in [5.74, 6) is -0.222. The molecule has 4 rings (SSSR count). The lowest BCUT2D eigenvalue weighted by Crippen LogP contribution is -2.31. The van der Waals surface area contributed by atoms with E-state index < -0.39 is 8.07 Å². The van der Waals surface area contributed by atoms with Crippen LogP contribution in [0, 0.1) is 0 Å². The van der Waals surface area contributed by atoms with Crippen molar-refractivity contribution < 1.29 is 9.53 Å². The number of carbonyl (C=O) groups is 1. The standard InChI is InChI=1S/C25H24NO2P/c1-2-28-25(27)23-18-19-26(24(23)20-12-6-3-7-13-20)29(21-14-8-4-9-15-21)22-16-10-5-11-17-22/h3-18,24H,2,19H2,1H3. The second-order valence-corrected chi connectivity index (χ2v) is 8.97. The number of rotatable bonds is 6. The number of nitrogens with zero attached hydrogens (tertiary/aromatic N) is 1. The third-order valence-electron chi connectivity index (χ3n) is 4.98.